The maximum Gasteiger partial charge on any atom is 0.320 e. The molecule has 2 amide bonds. The van der Waals surface area contributed by atoms with Crippen LogP contribution >= 0.6 is 0 Å². The molecule has 102 valence electrons. The number of carbonyl (C=O) groups is 1. The molecular weight excluding hydrogens is 240 g/mol. The lowest BCUT2D eigenvalue weighted by Crippen LogP contribution is -2.48. The van der Waals surface area contributed by atoms with Crippen molar-refractivity contribution in [3.05, 3.63) is 0 Å². The number of nitriles is 2. The maximum atomic E-state index is 12.4. The zero-order chi connectivity index (χ0) is 14.0. The predicted octanol–water partition coefficient (Wildman–Crippen LogP) is 1.68. The highest BCUT2D eigenvalue weighted by molar-refractivity contribution is 5.75. The zero-order valence-corrected chi connectivity index (χ0v) is 11.5. The molecule has 0 bridgehead atoms. The van der Waals surface area contributed by atoms with Crippen LogP contribution in [0, 0.1) is 46.3 Å². The van der Waals surface area contributed by atoms with Crippen molar-refractivity contribution < 1.29 is 4.79 Å². The Hall–Kier alpha value is -1.75. The Morgan fingerprint density at radius 1 is 1.00 bits per heavy atom. The van der Waals surface area contributed by atoms with Crippen LogP contribution in [0.1, 0.15) is 20.3 Å². The summed E-state index contributed by atoms with van der Waals surface area (Å²) in [5.41, 5.74) is 0. The van der Waals surface area contributed by atoms with Crippen LogP contribution in [0.2, 0.25) is 0 Å². The van der Waals surface area contributed by atoms with Crippen molar-refractivity contribution in [3.63, 3.8) is 0 Å². The molecule has 3 unspecified atom stereocenters. The van der Waals surface area contributed by atoms with E-state index >= 15 is 0 Å². The molecule has 5 nitrogen and oxygen atoms in total. The van der Waals surface area contributed by atoms with E-state index in [9.17, 15) is 4.79 Å². The van der Waals surface area contributed by atoms with Crippen molar-refractivity contribution in [1.82, 2.24) is 9.80 Å². The molecule has 0 aromatic carbocycles. The highest BCUT2D eigenvalue weighted by Crippen LogP contribution is 2.27. The summed E-state index contributed by atoms with van der Waals surface area (Å²) in [6.07, 6.45) is 1.03. The van der Waals surface area contributed by atoms with E-state index in [1.54, 1.807) is 4.90 Å². The van der Waals surface area contributed by atoms with Crippen molar-refractivity contribution in [2.45, 2.75) is 20.3 Å². The van der Waals surface area contributed by atoms with Gasteiger partial charge in [0.05, 0.1) is 24.0 Å². The minimum Gasteiger partial charge on any atom is -0.324 e. The smallest absolute Gasteiger partial charge is 0.320 e. The molecular formula is C14H20N4O. The highest BCUT2D eigenvalue weighted by Gasteiger charge is 2.38. The van der Waals surface area contributed by atoms with Crippen LogP contribution < -0.4 is 0 Å². The summed E-state index contributed by atoms with van der Waals surface area (Å²) in [5.74, 6) is 0.491. The molecule has 4 atom stereocenters. The Kier molecular flexibility index (Phi) is 3.95. The molecule has 0 N–H and O–H groups in total. The van der Waals surface area contributed by atoms with E-state index in [-0.39, 0.29) is 17.9 Å². The van der Waals surface area contributed by atoms with Crippen LogP contribution in [-0.4, -0.2) is 42.0 Å². The number of amides is 2. The second kappa shape index (κ2) is 5.48. The molecule has 5 heteroatoms. The third kappa shape index (κ3) is 2.66. The number of hydrogen-bond acceptors (Lipinski definition) is 3. The van der Waals surface area contributed by atoms with Crippen LogP contribution in [0.5, 0.6) is 0 Å². The number of hydrogen-bond donors (Lipinski definition) is 0. The summed E-state index contributed by atoms with van der Waals surface area (Å²) in [5, 5.41) is 18.0. The monoisotopic (exact) mass is 260 g/mol. The number of likely N-dealkylation sites (tertiary alicyclic amines) is 2. The van der Waals surface area contributed by atoms with Gasteiger partial charge in [0.2, 0.25) is 0 Å². The van der Waals surface area contributed by atoms with Gasteiger partial charge in [-0.05, 0) is 18.3 Å². The van der Waals surface area contributed by atoms with Gasteiger partial charge in [0.25, 0.3) is 0 Å². The first-order chi connectivity index (χ1) is 9.06. The van der Waals surface area contributed by atoms with E-state index in [1.807, 2.05) is 4.90 Å². The van der Waals surface area contributed by atoms with E-state index in [2.05, 4.69) is 26.0 Å². The molecule has 0 aromatic heterocycles. The molecule has 0 aromatic rings. The lowest BCUT2D eigenvalue weighted by Gasteiger charge is -2.37. The summed E-state index contributed by atoms with van der Waals surface area (Å²) in [7, 11) is 0. The Morgan fingerprint density at radius 3 is 2.05 bits per heavy atom. The SMILES string of the molecule is CC1CN(C(=O)N2CC(C#N)C(C#N)C2)CC[C@H]1C. The fourth-order valence-corrected chi connectivity index (χ4v) is 2.86. The summed E-state index contributed by atoms with van der Waals surface area (Å²) in [6.45, 7) is 6.76. The number of piperidine rings is 1. The van der Waals surface area contributed by atoms with Gasteiger partial charge in [-0.2, -0.15) is 10.5 Å². The standard InChI is InChI=1S/C14H20N4O/c1-10-3-4-17(7-11(10)2)14(19)18-8-12(5-15)13(6-16)9-18/h10-13H,3-4,7-9H2,1-2H3/t10-,11?,12?,13?/m1/s1. The predicted molar refractivity (Wildman–Crippen MR) is 69.7 cm³/mol. The van der Waals surface area contributed by atoms with Gasteiger partial charge in [0.15, 0.2) is 0 Å². The Balaban J connectivity index is 1.98. The lowest BCUT2D eigenvalue weighted by atomic mass is 9.89. The number of urea groups is 1. The molecule has 2 saturated heterocycles. The zero-order valence-electron chi connectivity index (χ0n) is 11.5. The van der Waals surface area contributed by atoms with Gasteiger partial charge >= 0.3 is 6.03 Å². The molecule has 2 aliphatic heterocycles. The van der Waals surface area contributed by atoms with Gasteiger partial charge < -0.3 is 9.80 Å². The Bertz CT molecular complexity index is 414. The fourth-order valence-electron chi connectivity index (χ4n) is 2.86. The normalized spacial score (nSPS) is 34.7. The Morgan fingerprint density at radius 2 is 1.58 bits per heavy atom. The molecule has 19 heavy (non-hydrogen) atoms. The van der Waals surface area contributed by atoms with Crippen LogP contribution in [0.3, 0.4) is 0 Å². The van der Waals surface area contributed by atoms with Gasteiger partial charge in [-0.3, -0.25) is 0 Å². The molecule has 2 aliphatic rings. The van der Waals surface area contributed by atoms with Crippen molar-refractivity contribution >= 4 is 6.03 Å². The van der Waals surface area contributed by atoms with Gasteiger partial charge in [0.1, 0.15) is 0 Å². The third-order valence-corrected chi connectivity index (χ3v) is 4.53. The van der Waals surface area contributed by atoms with E-state index in [1.165, 1.54) is 0 Å². The average molecular weight is 260 g/mol. The van der Waals surface area contributed by atoms with E-state index in [0.717, 1.165) is 19.5 Å². The first-order valence-corrected chi connectivity index (χ1v) is 6.90. The molecule has 0 spiro atoms. The molecule has 2 fully saturated rings. The van der Waals surface area contributed by atoms with E-state index in [0.29, 0.717) is 24.9 Å². The molecule has 2 heterocycles. The minimum atomic E-state index is -0.338. The van der Waals surface area contributed by atoms with Gasteiger partial charge in [-0.25, -0.2) is 4.79 Å². The van der Waals surface area contributed by atoms with Crippen molar-refractivity contribution in [1.29, 1.82) is 10.5 Å². The highest BCUT2D eigenvalue weighted by atomic mass is 16.2. The third-order valence-electron chi connectivity index (χ3n) is 4.53. The van der Waals surface area contributed by atoms with Crippen molar-refractivity contribution in [2.75, 3.05) is 26.2 Å². The van der Waals surface area contributed by atoms with Crippen molar-refractivity contribution in [3.8, 4) is 12.1 Å². The summed E-state index contributed by atoms with van der Waals surface area (Å²) < 4.78 is 0. The number of carbonyl (C=O) groups excluding carboxylic acids is 1. The quantitative estimate of drug-likeness (QED) is 0.665. The van der Waals surface area contributed by atoms with E-state index in [4.69, 9.17) is 10.5 Å². The lowest BCUT2D eigenvalue weighted by molar-refractivity contribution is 0.119. The number of nitrogens with zero attached hydrogens (tertiary/aromatic N) is 4. The number of rotatable bonds is 0. The van der Waals surface area contributed by atoms with Gasteiger partial charge in [0, 0.05) is 26.2 Å². The van der Waals surface area contributed by atoms with Crippen LogP contribution in [0.4, 0.5) is 4.79 Å². The molecule has 2 rings (SSSR count). The van der Waals surface area contributed by atoms with Gasteiger partial charge in [-0.1, -0.05) is 13.8 Å². The topological polar surface area (TPSA) is 71.1 Å². The summed E-state index contributed by atoms with van der Waals surface area (Å²) in [6, 6.07) is 4.26. The maximum absolute atomic E-state index is 12.4. The molecule has 0 radical (unpaired) electrons. The fraction of sp³-hybridized carbons (Fsp3) is 0.786. The second-order valence-electron chi connectivity index (χ2n) is 5.85. The largest absolute Gasteiger partial charge is 0.324 e. The molecule has 0 saturated carbocycles. The second-order valence-corrected chi connectivity index (χ2v) is 5.85. The summed E-state index contributed by atoms with van der Waals surface area (Å²) >= 11 is 0. The first-order valence-electron chi connectivity index (χ1n) is 6.90. The first kappa shape index (κ1) is 13.7. The van der Waals surface area contributed by atoms with Crippen LogP contribution in [0.15, 0.2) is 0 Å². The van der Waals surface area contributed by atoms with Gasteiger partial charge in [-0.15, -0.1) is 0 Å². The summed E-state index contributed by atoms with van der Waals surface area (Å²) in [4.78, 5) is 16.0. The Labute approximate surface area is 114 Å². The minimum absolute atomic E-state index is 0.00301. The average Bonchev–Trinajstić information content (AvgIpc) is 2.84. The van der Waals surface area contributed by atoms with E-state index < -0.39 is 0 Å². The van der Waals surface area contributed by atoms with Crippen LogP contribution in [0.25, 0.3) is 0 Å². The van der Waals surface area contributed by atoms with Crippen LogP contribution in [-0.2, 0) is 0 Å². The van der Waals surface area contributed by atoms with Crippen molar-refractivity contribution in [2.24, 2.45) is 23.7 Å². The molecule has 0 aliphatic carbocycles.